The summed E-state index contributed by atoms with van der Waals surface area (Å²) in [6, 6.07) is 10.9. The van der Waals surface area contributed by atoms with Crippen molar-refractivity contribution in [2.24, 2.45) is 0 Å². The molecule has 0 saturated heterocycles. The quantitative estimate of drug-likeness (QED) is 0.591. The lowest BCUT2D eigenvalue weighted by atomic mass is 10.1. The number of hydrogen-bond acceptors (Lipinski definition) is 2. The van der Waals surface area contributed by atoms with Crippen LogP contribution in [0.3, 0.4) is 0 Å². The molecule has 2 nitrogen and oxygen atoms in total. The van der Waals surface area contributed by atoms with E-state index in [1.54, 1.807) is 24.3 Å². The number of hydrogen-bond donors (Lipinski definition) is 0. The van der Waals surface area contributed by atoms with E-state index in [4.69, 9.17) is 16.0 Å². The normalized spacial score (nSPS) is 10.9. The zero-order chi connectivity index (χ0) is 14.3. The molecule has 0 aliphatic carbocycles. The largest absolute Gasteiger partial charge is 0.449 e. The number of fused-ring (bicyclic) bond motifs is 1. The first-order valence-corrected chi connectivity index (χ1v) is 6.90. The van der Waals surface area contributed by atoms with Gasteiger partial charge in [-0.1, -0.05) is 39.7 Å². The van der Waals surface area contributed by atoms with Crippen LogP contribution in [0, 0.1) is 5.82 Å². The molecule has 0 radical (unpaired) electrons. The maximum absolute atomic E-state index is 13.6. The fraction of sp³-hybridized carbons (Fsp3) is 0. The SMILES string of the molecule is O=C(c1cc(Cl)cc(Br)c1)c1cc2cccc(F)c2o1. The van der Waals surface area contributed by atoms with Crippen molar-refractivity contribution in [2.45, 2.75) is 0 Å². The van der Waals surface area contributed by atoms with E-state index in [-0.39, 0.29) is 17.1 Å². The van der Waals surface area contributed by atoms with Gasteiger partial charge in [0.15, 0.2) is 17.2 Å². The van der Waals surface area contributed by atoms with Crippen LogP contribution in [0.1, 0.15) is 16.1 Å². The van der Waals surface area contributed by atoms with Crippen LogP contribution in [0.2, 0.25) is 5.02 Å². The van der Waals surface area contributed by atoms with Crippen molar-refractivity contribution in [2.75, 3.05) is 0 Å². The molecule has 100 valence electrons. The fourth-order valence-corrected chi connectivity index (χ4v) is 2.83. The van der Waals surface area contributed by atoms with Crippen molar-refractivity contribution < 1.29 is 13.6 Å². The van der Waals surface area contributed by atoms with Gasteiger partial charge in [-0.05, 0) is 30.3 Å². The Morgan fingerprint density at radius 1 is 1.20 bits per heavy atom. The minimum absolute atomic E-state index is 0.0805. The van der Waals surface area contributed by atoms with Gasteiger partial charge >= 0.3 is 0 Å². The van der Waals surface area contributed by atoms with E-state index in [0.29, 0.717) is 20.4 Å². The number of carbonyl (C=O) groups is 1. The number of benzene rings is 2. The molecule has 0 saturated carbocycles. The molecule has 0 aliphatic rings. The predicted molar refractivity (Wildman–Crippen MR) is 78.8 cm³/mol. The number of furan rings is 1. The fourth-order valence-electron chi connectivity index (χ4n) is 1.97. The average molecular weight is 354 g/mol. The minimum Gasteiger partial charge on any atom is -0.449 e. The first-order chi connectivity index (χ1) is 9.54. The van der Waals surface area contributed by atoms with Crippen molar-refractivity contribution in [1.29, 1.82) is 0 Å². The van der Waals surface area contributed by atoms with Crippen LogP contribution in [0.4, 0.5) is 4.39 Å². The molecule has 0 spiro atoms. The van der Waals surface area contributed by atoms with Crippen molar-refractivity contribution in [3.05, 3.63) is 69.1 Å². The van der Waals surface area contributed by atoms with E-state index in [1.807, 2.05) is 0 Å². The molecule has 1 heterocycles. The van der Waals surface area contributed by atoms with Gasteiger partial charge < -0.3 is 4.42 Å². The lowest BCUT2D eigenvalue weighted by Gasteiger charge is -2.00. The third-order valence-electron chi connectivity index (χ3n) is 2.84. The Balaban J connectivity index is 2.10. The Hall–Kier alpha value is -1.65. The van der Waals surface area contributed by atoms with Crippen molar-refractivity contribution in [1.82, 2.24) is 0 Å². The van der Waals surface area contributed by atoms with Gasteiger partial charge in [-0.15, -0.1) is 0 Å². The maximum atomic E-state index is 13.6. The Labute approximate surface area is 127 Å². The summed E-state index contributed by atoms with van der Waals surface area (Å²) < 4.78 is 19.6. The average Bonchev–Trinajstić information content (AvgIpc) is 2.82. The highest BCUT2D eigenvalue weighted by molar-refractivity contribution is 9.10. The Bertz CT molecular complexity index is 806. The second-order valence-electron chi connectivity index (χ2n) is 4.26. The van der Waals surface area contributed by atoms with Gasteiger partial charge in [0.2, 0.25) is 5.78 Å². The molecule has 0 bridgehead atoms. The molecule has 5 heteroatoms. The third kappa shape index (κ3) is 2.37. The highest BCUT2D eigenvalue weighted by Crippen LogP contribution is 2.26. The number of para-hydroxylation sites is 1. The standard InChI is InChI=1S/C15H7BrClFO2/c16-10-4-9(5-11(17)7-10)14(19)13-6-8-2-1-3-12(18)15(8)20-13/h1-7H. The molecule has 0 fully saturated rings. The molecule has 3 aromatic rings. The van der Waals surface area contributed by atoms with Gasteiger partial charge in [0.05, 0.1) is 0 Å². The first-order valence-electron chi connectivity index (χ1n) is 5.73. The Kier molecular flexibility index (Phi) is 3.36. The number of rotatable bonds is 2. The second kappa shape index (κ2) is 5.04. The molecule has 3 rings (SSSR count). The van der Waals surface area contributed by atoms with Crippen LogP contribution in [-0.4, -0.2) is 5.78 Å². The second-order valence-corrected chi connectivity index (χ2v) is 5.61. The van der Waals surface area contributed by atoms with Gasteiger partial charge in [-0.3, -0.25) is 4.79 Å². The Morgan fingerprint density at radius 3 is 2.70 bits per heavy atom. The molecule has 0 amide bonds. The van der Waals surface area contributed by atoms with E-state index >= 15 is 0 Å². The van der Waals surface area contributed by atoms with E-state index in [0.717, 1.165) is 0 Å². The number of carbonyl (C=O) groups excluding carboxylic acids is 1. The first kappa shape index (κ1) is 13.3. The van der Waals surface area contributed by atoms with Crippen LogP contribution < -0.4 is 0 Å². The molecule has 0 N–H and O–H groups in total. The monoisotopic (exact) mass is 352 g/mol. The molecule has 0 unspecified atom stereocenters. The van der Waals surface area contributed by atoms with E-state index in [9.17, 15) is 9.18 Å². The van der Waals surface area contributed by atoms with Crippen molar-refractivity contribution >= 4 is 44.3 Å². The van der Waals surface area contributed by atoms with Crippen LogP contribution in [0.15, 0.2) is 51.4 Å². The number of ketones is 1. The highest BCUT2D eigenvalue weighted by atomic mass is 79.9. The van der Waals surface area contributed by atoms with Gasteiger partial charge in [-0.25, -0.2) is 4.39 Å². The Morgan fingerprint density at radius 2 is 2.00 bits per heavy atom. The summed E-state index contributed by atoms with van der Waals surface area (Å²) in [6.07, 6.45) is 0. The smallest absolute Gasteiger partial charge is 0.228 e. The van der Waals surface area contributed by atoms with Gasteiger partial charge in [0, 0.05) is 20.4 Å². The van der Waals surface area contributed by atoms with E-state index < -0.39 is 5.82 Å². The summed E-state index contributed by atoms with van der Waals surface area (Å²) in [7, 11) is 0. The van der Waals surface area contributed by atoms with Crippen LogP contribution in [-0.2, 0) is 0 Å². The van der Waals surface area contributed by atoms with E-state index in [2.05, 4.69) is 15.9 Å². The summed E-state index contributed by atoms with van der Waals surface area (Å²) in [5.74, 6) is -0.753. The van der Waals surface area contributed by atoms with Crippen LogP contribution in [0.5, 0.6) is 0 Å². The lowest BCUT2D eigenvalue weighted by Crippen LogP contribution is -1.99. The highest BCUT2D eigenvalue weighted by Gasteiger charge is 2.17. The summed E-state index contributed by atoms with van der Waals surface area (Å²) in [4.78, 5) is 12.3. The van der Waals surface area contributed by atoms with Crippen molar-refractivity contribution in [3.63, 3.8) is 0 Å². The third-order valence-corrected chi connectivity index (χ3v) is 3.52. The topological polar surface area (TPSA) is 30.2 Å². The summed E-state index contributed by atoms with van der Waals surface area (Å²) in [6.45, 7) is 0. The lowest BCUT2D eigenvalue weighted by molar-refractivity contribution is 0.101. The molecular formula is C15H7BrClFO2. The summed E-state index contributed by atoms with van der Waals surface area (Å²) in [5.41, 5.74) is 0.459. The van der Waals surface area contributed by atoms with Crippen molar-refractivity contribution in [3.8, 4) is 0 Å². The molecular weight excluding hydrogens is 347 g/mol. The number of halogens is 3. The van der Waals surface area contributed by atoms with Crippen LogP contribution in [0.25, 0.3) is 11.0 Å². The van der Waals surface area contributed by atoms with Gasteiger partial charge in [0.1, 0.15) is 0 Å². The zero-order valence-corrected chi connectivity index (χ0v) is 12.3. The minimum atomic E-state index is -0.492. The maximum Gasteiger partial charge on any atom is 0.228 e. The van der Waals surface area contributed by atoms with E-state index in [1.165, 1.54) is 18.2 Å². The predicted octanol–water partition coefficient (Wildman–Crippen LogP) is 5.22. The summed E-state index contributed by atoms with van der Waals surface area (Å²) in [5, 5.41) is 0.986. The molecule has 0 atom stereocenters. The van der Waals surface area contributed by atoms with Crippen LogP contribution >= 0.6 is 27.5 Å². The van der Waals surface area contributed by atoms with Gasteiger partial charge in [0.25, 0.3) is 0 Å². The zero-order valence-electron chi connectivity index (χ0n) is 9.99. The molecule has 2 aromatic carbocycles. The molecule has 1 aromatic heterocycles. The summed E-state index contributed by atoms with van der Waals surface area (Å²) >= 11 is 9.19. The molecule has 0 aliphatic heterocycles. The molecule has 20 heavy (non-hydrogen) atoms. The van der Waals surface area contributed by atoms with Gasteiger partial charge in [-0.2, -0.15) is 0 Å².